The summed E-state index contributed by atoms with van der Waals surface area (Å²) in [6, 6.07) is 37.8. The summed E-state index contributed by atoms with van der Waals surface area (Å²) in [5.74, 6) is 0. The fourth-order valence-corrected chi connectivity index (χ4v) is 5.99. The van der Waals surface area contributed by atoms with E-state index in [4.69, 9.17) is 0 Å². The van der Waals surface area contributed by atoms with Crippen LogP contribution in [-0.4, -0.2) is 10.8 Å². The van der Waals surface area contributed by atoms with Crippen molar-refractivity contribution in [2.75, 3.05) is 0 Å². The molecule has 0 atom stereocenters. The van der Waals surface area contributed by atoms with Gasteiger partial charge in [0.2, 0.25) is 0 Å². The Kier molecular flexibility index (Phi) is 3.40. The third kappa shape index (κ3) is 2.18. The Morgan fingerprint density at radius 3 is 2.06 bits per heavy atom. The first-order valence-electron chi connectivity index (χ1n) is 11.5. The maximum Gasteiger partial charge on any atom is 0.301 e. The second-order valence-electron chi connectivity index (χ2n) is 9.59. The van der Waals surface area contributed by atoms with Crippen LogP contribution in [0.25, 0.3) is 49.7 Å². The van der Waals surface area contributed by atoms with Crippen molar-refractivity contribution in [2.45, 2.75) is 13.6 Å². The molecule has 0 saturated carbocycles. The van der Waals surface area contributed by atoms with Crippen LogP contribution in [0.2, 0.25) is 13.6 Å². The molecule has 0 amide bonds. The van der Waals surface area contributed by atoms with Gasteiger partial charge in [0.15, 0.2) is 11.2 Å². The van der Waals surface area contributed by atoms with Gasteiger partial charge in [-0.05, 0) is 36.4 Å². The molecule has 1 aliphatic heterocycles. The number of para-hydroxylation sites is 3. The minimum atomic E-state index is -0.941. The van der Waals surface area contributed by atoms with Crippen molar-refractivity contribution < 1.29 is 4.48 Å². The molecule has 0 spiro atoms. The van der Waals surface area contributed by atoms with Crippen molar-refractivity contribution in [3.05, 3.63) is 103 Å². The first-order chi connectivity index (χ1) is 15.6. The van der Waals surface area contributed by atoms with E-state index in [9.17, 15) is 0 Å². The molecule has 6 aromatic rings. The third-order valence-corrected chi connectivity index (χ3v) is 7.43. The smallest absolute Gasteiger partial charge is 0.301 e. The van der Waals surface area contributed by atoms with Crippen molar-refractivity contribution in [3.63, 3.8) is 0 Å². The maximum absolute atomic E-state index is 2.57. The van der Waals surface area contributed by atoms with Crippen LogP contribution in [0.3, 0.4) is 0 Å². The molecule has 7 rings (SSSR count). The second-order valence-corrected chi connectivity index (χ2v) is 9.59. The molecular weight excluding hydrogens is 387 g/mol. The van der Waals surface area contributed by atoms with Crippen molar-refractivity contribution in [1.82, 2.24) is 4.57 Å². The lowest BCUT2D eigenvalue weighted by Crippen LogP contribution is -2.64. The van der Waals surface area contributed by atoms with Gasteiger partial charge in [-0.3, -0.25) is 0 Å². The van der Waals surface area contributed by atoms with E-state index in [1.807, 2.05) is 0 Å². The summed E-state index contributed by atoms with van der Waals surface area (Å²) in [6.45, 7) is 4.80. The number of hydrogen-bond donors (Lipinski definition) is 0. The highest BCUT2D eigenvalue weighted by molar-refractivity contribution is 6.85. The van der Waals surface area contributed by atoms with Crippen LogP contribution in [0.5, 0.6) is 0 Å². The molecule has 3 heterocycles. The fourth-order valence-electron chi connectivity index (χ4n) is 5.99. The summed E-state index contributed by atoms with van der Waals surface area (Å²) in [7, 11) is 0. The molecule has 1 aliphatic rings. The van der Waals surface area contributed by atoms with E-state index in [-0.39, 0.29) is 0 Å². The molecule has 0 aliphatic carbocycles. The van der Waals surface area contributed by atoms with Gasteiger partial charge in [0.25, 0.3) is 0 Å². The number of benzene rings is 4. The maximum atomic E-state index is 2.57. The quantitative estimate of drug-likeness (QED) is 0.287. The molecule has 2 aromatic heterocycles. The second kappa shape index (κ2) is 6.11. The van der Waals surface area contributed by atoms with E-state index < -0.39 is 6.28 Å². The molecule has 0 saturated heterocycles. The lowest BCUT2D eigenvalue weighted by molar-refractivity contribution is -0.498. The summed E-state index contributed by atoms with van der Waals surface area (Å²) in [5.41, 5.74) is 9.15. The number of pyridine rings is 1. The van der Waals surface area contributed by atoms with Gasteiger partial charge < -0.3 is 9.05 Å². The number of nitrogens with zero attached hydrogens (tertiary/aromatic N) is 2. The summed E-state index contributed by atoms with van der Waals surface area (Å²) < 4.78 is 4.98. The summed E-state index contributed by atoms with van der Waals surface area (Å²) in [4.78, 5) is 0. The first-order valence-corrected chi connectivity index (χ1v) is 11.5. The van der Waals surface area contributed by atoms with E-state index in [1.165, 1.54) is 55.1 Å². The van der Waals surface area contributed by atoms with E-state index in [1.54, 1.807) is 0 Å². The van der Waals surface area contributed by atoms with Crippen LogP contribution in [0.15, 0.2) is 103 Å². The Labute approximate surface area is 187 Å². The van der Waals surface area contributed by atoms with Gasteiger partial charge in [-0.1, -0.05) is 54.6 Å². The lowest BCUT2D eigenvalue weighted by atomic mass is 9.35. The van der Waals surface area contributed by atoms with Crippen LogP contribution < -0.4 is 9.94 Å². The number of fused-ring (bicyclic) bond motifs is 8. The molecule has 3 heteroatoms. The van der Waals surface area contributed by atoms with Gasteiger partial charge in [-0.25, -0.2) is 0 Å². The molecule has 0 fully saturated rings. The number of hydrogen-bond acceptors (Lipinski definition) is 0. The fraction of sp³-hybridized carbons (Fsp3) is 0.0690. The van der Waals surface area contributed by atoms with Crippen LogP contribution in [0, 0.1) is 0 Å². The van der Waals surface area contributed by atoms with Gasteiger partial charge in [0.05, 0.1) is 11.0 Å². The summed E-state index contributed by atoms with van der Waals surface area (Å²) in [5, 5.41) is 3.90. The monoisotopic (exact) mass is 410 g/mol. The van der Waals surface area contributed by atoms with Crippen molar-refractivity contribution in [3.8, 4) is 16.9 Å². The first kappa shape index (κ1) is 17.8. The van der Waals surface area contributed by atoms with Gasteiger partial charge in [0.1, 0.15) is 0 Å². The largest absolute Gasteiger partial charge is 0.410 e. The number of aromatic nitrogens is 2. The summed E-state index contributed by atoms with van der Waals surface area (Å²) in [6.07, 6.45) is -0.941. The minimum Gasteiger partial charge on any atom is -0.410 e. The average Bonchev–Trinajstić information content (AvgIpc) is 3.28. The average molecular weight is 410 g/mol. The molecule has 32 heavy (non-hydrogen) atoms. The van der Waals surface area contributed by atoms with Gasteiger partial charge in [-0.2, -0.15) is 0 Å². The normalized spacial score (nSPS) is 14.2. The van der Waals surface area contributed by atoms with Crippen molar-refractivity contribution in [1.29, 1.82) is 0 Å². The molecular formula is C29H23BN2. The topological polar surface area (TPSA) is 8.81 Å². The molecule has 0 radical (unpaired) electrons. The molecule has 0 N–H and O–H groups in total. The van der Waals surface area contributed by atoms with Gasteiger partial charge in [0, 0.05) is 39.5 Å². The molecule has 0 unspecified atom stereocenters. The van der Waals surface area contributed by atoms with E-state index in [0.717, 1.165) is 0 Å². The van der Waals surface area contributed by atoms with Crippen LogP contribution >= 0.6 is 0 Å². The highest BCUT2D eigenvalue weighted by Crippen LogP contribution is 2.34. The number of rotatable bonds is 1. The zero-order chi connectivity index (χ0) is 21.4. The molecule has 152 valence electrons. The Morgan fingerprint density at radius 1 is 0.656 bits per heavy atom. The molecule has 4 aromatic carbocycles. The predicted molar refractivity (Wildman–Crippen MR) is 136 cm³/mol. The van der Waals surface area contributed by atoms with E-state index >= 15 is 0 Å². The van der Waals surface area contributed by atoms with Crippen molar-refractivity contribution >= 4 is 44.5 Å². The highest BCUT2D eigenvalue weighted by atomic mass is 15.0. The zero-order valence-electron chi connectivity index (χ0n) is 18.3. The molecule has 0 bridgehead atoms. The van der Waals surface area contributed by atoms with Crippen molar-refractivity contribution in [2.24, 2.45) is 0 Å². The van der Waals surface area contributed by atoms with Gasteiger partial charge >= 0.3 is 6.28 Å². The Bertz CT molecular complexity index is 1650. The lowest BCUT2D eigenvalue weighted by Gasteiger charge is -2.23. The van der Waals surface area contributed by atoms with E-state index in [2.05, 4.69) is 126 Å². The predicted octanol–water partition coefficient (Wildman–Crippen LogP) is 6.17. The standard InChI is InChI=1S/C29H23BN2/c1-30(2)25-19-21(31-27-13-7-4-10-22(27)23-11-5-8-14-28(23)31)16-17-24(25)29-18-15-20-9-3-6-12-26(20)32(29)30/h3-19H,1-2H3. The minimum absolute atomic E-state index is 0.941. The Morgan fingerprint density at radius 2 is 1.31 bits per heavy atom. The third-order valence-electron chi connectivity index (χ3n) is 7.43. The van der Waals surface area contributed by atoms with E-state index in [0.29, 0.717) is 0 Å². The van der Waals surface area contributed by atoms with Gasteiger partial charge in [-0.15, -0.1) is 19.1 Å². The van der Waals surface area contributed by atoms with Crippen LogP contribution in [0.1, 0.15) is 0 Å². The highest BCUT2D eigenvalue weighted by Gasteiger charge is 2.40. The Balaban J connectivity index is 1.53. The van der Waals surface area contributed by atoms with Crippen LogP contribution in [-0.2, 0) is 0 Å². The zero-order valence-corrected chi connectivity index (χ0v) is 18.3. The van der Waals surface area contributed by atoms with Crippen LogP contribution in [0.4, 0.5) is 0 Å². The SMILES string of the molecule is C[B-]1(C)c2cc(-n3c4ccccc4c4ccccc43)ccc2-c2ccc3ccccc3[n+]21. The summed E-state index contributed by atoms with van der Waals surface area (Å²) >= 11 is 0. The molecule has 2 nitrogen and oxygen atoms in total. The Hall–Kier alpha value is -3.85.